The van der Waals surface area contributed by atoms with E-state index in [0.29, 0.717) is 13.0 Å². The van der Waals surface area contributed by atoms with Crippen LogP contribution in [0, 0.1) is 5.82 Å². The van der Waals surface area contributed by atoms with Gasteiger partial charge in [0.15, 0.2) is 5.82 Å². The van der Waals surface area contributed by atoms with E-state index < -0.39 is 20.9 Å². The fourth-order valence-electron chi connectivity index (χ4n) is 2.11. The van der Waals surface area contributed by atoms with Crippen LogP contribution in [0.3, 0.4) is 0 Å². The van der Waals surface area contributed by atoms with Crippen molar-refractivity contribution in [1.29, 1.82) is 0 Å². The highest BCUT2D eigenvalue weighted by Gasteiger charge is 2.36. The second kappa shape index (κ2) is 5.74. The van der Waals surface area contributed by atoms with Crippen molar-refractivity contribution in [3.05, 3.63) is 28.0 Å². The van der Waals surface area contributed by atoms with Crippen molar-refractivity contribution < 1.29 is 12.8 Å². The van der Waals surface area contributed by atoms with E-state index in [9.17, 15) is 12.8 Å². The van der Waals surface area contributed by atoms with Gasteiger partial charge in [-0.1, -0.05) is 23.2 Å². The smallest absolute Gasteiger partial charge is 0.207 e. The first kappa shape index (κ1) is 15.3. The average molecular weight is 347 g/mol. The van der Waals surface area contributed by atoms with Crippen LogP contribution in [-0.2, 0) is 10.0 Å². The number of sulfonamides is 1. The number of benzene rings is 1. The maximum Gasteiger partial charge on any atom is 0.244 e. The zero-order chi connectivity index (χ0) is 14.2. The molecule has 0 spiro atoms. The maximum absolute atomic E-state index is 13.6. The van der Waals surface area contributed by atoms with Crippen LogP contribution in [-0.4, -0.2) is 31.2 Å². The molecular formula is C11H11Cl3FNO2S. The molecule has 1 aromatic carbocycles. The van der Waals surface area contributed by atoms with E-state index in [1.54, 1.807) is 0 Å². The highest BCUT2D eigenvalue weighted by Crippen LogP contribution is 2.34. The second-order valence-corrected chi connectivity index (χ2v) is 7.19. The van der Waals surface area contributed by atoms with Crippen LogP contribution in [0.15, 0.2) is 17.0 Å². The Balaban J connectivity index is 2.48. The molecule has 0 N–H and O–H groups in total. The van der Waals surface area contributed by atoms with E-state index in [1.165, 1.54) is 16.4 Å². The quantitative estimate of drug-likeness (QED) is 0.620. The predicted octanol–water partition coefficient (Wildman–Crippen LogP) is 3.52. The fourth-order valence-corrected chi connectivity index (χ4v) is 4.93. The summed E-state index contributed by atoms with van der Waals surface area (Å²) in [5, 5.41) is -0.688. The van der Waals surface area contributed by atoms with Gasteiger partial charge in [0.25, 0.3) is 0 Å². The van der Waals surface area contributed by atoms with Gasteiger partial charge in [-0.3, -0.25) is 0 Å². The summed E-state index contributed by atoms with van der Waals surface area (Å²) < 4.78 is 39.8. The largest absolute Gasteiger partial charge is 0.244 e. The minimum atomic E-state index is -3.85. The molecule has 1 saturated heterocycles. The number of alkyl halides is 1. The first-order chi connectivity index (χ1) is 8.89. The summed E-state index contributed by atoms with van der Waals surface area (Å²) in [6.45, 7) is 0.361. The zero-order valence-electron chi connectivity index (χ0n) is 9.74. The molecule has 0 aromatic heterocycles. The molecule has 1 heterocycles. The van der Waals surface area contributed by atoms with Crippen molar-refractivity contribution in [2.24, 2.45) is 0 Å². The van der Waals surface area contributed by atoms with Crippen LogP contribution < -0.4 is 0 Å². The molecule has 0 radical (unpaired) electrons. The van der Waals surface area contributed by atoms with Gasteiger partial charge in [0.1, 0.15) is 4.90 Å². The van der Waals surface area contributed by atoms with Crippen LogP contribution in [0.2, 0.25) is 10.0 Å². The number of hydrogen-bond acceptors (Lipinski definition) is 2. The lowest BCUT2D eigenvalue weighted by atomic mass is 10.3. The third kappa shape index (κ3) is 2.72. The van der Waals surface area contributed by atoms with Gasteiger partial charge < -0.3 is 0 Å². The highest BCUT2D eigenvalue weighted by atomic mass is 35.5. The van der Waals surface area contributed by atoms with Gasteiger partial charge in [0.05, 0.1) is 10.0 Å². The Labute approximate surface area is 126 Å². The molecule has 19 heavy (non-hydrogen) atoms. The second-order valence-electron chi connectivity index (χ2n) is 4.24. The van der Waals surface area contributed by atoms with Gasteiger partial charge in [-0.2, -0.15) is 4.31 Å². The van der Waals surface area contributed by atoms with E-state index >= 15 is 0 Å². The molecule has 0 bridgehead atoms. The van der Waals surface area contributed by atoms with Crippen molar-refractivity contribution in [2.75, 3.05) is 12.4 Å². The third-order valence-corrected chi connectivity index (χ3v) is 6.21. The number of halogens is 4. The molecule has 0 amide bonds. The van der Waals surface area contributed by atoms with Gasteiger partial charge in [0, 0.05) is 18.5 Å². The first-order valence-corrected chi connectivity index (χ1v) is 8.34. The third-order valence-electron chi connectivity index (χ3n) is 3.09. The Hall–Kier alpha value is -0.0700. The van der Waals surface area contributed by atoms with Gasteiger partial charge >= 0.3 is 0 Å². The minimum absolute atomic E-state index is 0.201. The summed E-state index contributed by atoms with van der Waals surface area (Å²) in [7, 11) is -3.85. The standard InChI is InChI=1S/C11H11Cl3FNO2S/c12-6-7-2-1-5-16(7)19(17,18)9-4-3-8(13)11(15)10(9)14/h3-4,7H,1-2,5-6H2. The first-order valence-electron chi connectivity index (χ1n) is 5.61. The Morgan fingerprint density at radius 3 is 2.68 bits per heavy atom. The van der Waals surface area contributed by atoms with Crippen LogP contribution in [0.25, 0.3) is 0 Å². The van der Waals surface area contributed by atoms with Crippen molar-refractivity contribution in [2.45, 2.75) is 23.8 Å². The number of rotatable bonds is 3. The van der Waals surface area contributed by atoms with Gasteiger partial charge in [-0.05, 0) is 25.0 Å². The lowest BCUT2D eigenvalue weighted by molar-refractivity contribution is 0.410. The lowest BCUT2D eigenvalue weighted by Crippen LogP contribution is -2.36. The van der Waals surface area contributed by atoms with E-state index in [1.807, 2.05) is 0 Å². The molecule has 8 heteroatoms. The Kier molecular flexibility index (Phi) is 4.63. The van der Waals surface area contributed by atoms with Crippen molar-refractivity contribution >= 4 is 44.8 Å². The van der Waals surface area contributed by atoms with Gasteiger partial charge in [-0.25, -0.2) is 12.8 Å². The summed E-state index contributed by atoms with van der Waals surface area (Å²) in [6.07, 6.45) is 1.42. The van der Waals surface area contributed by atoms with Crippen molar-refractivity contribution in [3.8, 4) is 0 Å². The maximum atomic E-state index is 13.6. The molecule has 0 saturated carbocycles. The van der Waals surface area contributed by atoms with E-state index in [0.717, 1.165) is 6.42 Å². The molecule has 1 aromatic rings. The monoisotopic (exact) mass is 345 g/mol. The molecule has 106 valence electrons. The van der Waals surface area contributed by atoms with E-state index in [4.69, 9.17) is 34.8 Å². The normalized spacial score (nSPS) is 20.9. The fraction of sp³-hybridized carbons (Fsp3) is 0.455. The van der Waals surface area contributed by atoms with E-state index in [-0.39, 0.29) is 21.8 Å². The van der Waals surface area contributed by atoms with Gasteiger partial charge in [0.2, 0.25) is 10.0 Å². The minimum Gasteiger partial charge on any atom is -0.207 e. The molecule has 1 fully saturated rings. The Morgan fingerprint density at radius 2 is 2.05 bits per heavy atom. The van der Waals surface area contributed by atoms with Crippen LogP contribution >= 0.6 is 34.8 Å². The molecule has 2 rings (SSSR count). The summed E-state index contributed by atoms with van der Waals surface area (Å²) in [4.78, 5) is -0.270. The van der Waals surface area contributed by atoms with Gasteiger partial charge in [-0.15, -0.1) is 11.6 Å². The Morgan fingerprint density at radius 1 is 1.37 bits per heavy atom. The molecule has 3 nitrogen and oxygen atoms in total. The SMILES string of the molecule is O=S(=O)(c1ccc(Cl)c(F)c1Cl)N1CCCC1CCl. The van der Waals surface area contributed by atoms with Crippen molar-refractivity contribution in [3.63, 3.8) is 0 Å². The molecule has 1 atom stereocenters. The number of nitrogens with zero attached hydrogens (tertiary/aromatic N) is 1. The summed E-state index contributed by atoms with van der Waals surface area (Å²) in [5.41, 5.74) is 0. The lowest BCUT2D eigenvalue weighted by Gasteiger charge is -2.23. The van der Waals surface area contributed by atoms with E-state index in [2.05, 4.69) is 0 Å². The van der Waals surface area contributed by atoms with Crippen LogP contribution in [0.4, 0.5) is 4.39 Å². The number of hydrogen-bond donors (Lipinski definition) is 0. The molecule has 1 unspecified atom stereocenters. The summed E-state index contributed by atoms with van der Waals surface area (Å²) in [6, 6.07) is 2.12. The summed E-state index contributed by atoms with van der Waals surface area (Å²) >= 11 is 17.1. The molecule has 1 aliphatic heterocycles. The van der Waals surface area contributed by atoms with Crippen molar-refractivity contribution in [1.82, 2.24) is 4.31 Å². The molecular weight excluding hydrogens is 336 g/mol. The van der Waals surface area contributed by atoms with Crippen LogP contribution in [0.5, 0.6) is 0 Å². The zero-order valence-corrected chi connectivity index (χ0v) is 12.8. The van der Waals surface area contributed by atoms with Crippen LogP contribution in [0.1, 0.15) is 12.8 Å². The molecule has 1 aliphatic rings. The molecule has 0 aliphatic carbocycles. The average Bonchev–Trinajstić information content (AvgIpc) is 2.84. The highest BCUT2D eigenvalue weighted by molar-refractivity contribution is 7.89. The topological polar surface area (TPSA) is 37.4 Å². The Bertz CT molecular complexity index is 594. The predicted molar refractivity (Wildman–Crippen MR) is 74.1 cm³/mol. The summed E-state index contributed by atoms with van der Waals surface area (Å²) in [5.74, 6) is -0.724.